The molecule has 0 radical (unpaired) electrons. The first-order valence-corrected chi connectivity index (χ1v) is 9.38. The summed E-state index contributed by atoms with van der Waals surface area (Å²) in [5.41, 5.74) is 2.10. The van der Waals surface area contributed by atoms with Crippen molar-refractivity contribution in [2.75, 3.05) is 21.3 Å². The fourth-order valence-electron chi connectivity index (χ4n) is 3.08. The van der Waals surface area contributed by atoms with E-state index in [1.165, 1.54) is 26.4 Å². The molecule has 0 amide bonds. The van der Waals surface area contributed by atoms with E-state index in [4.69, 9.17) is 14.2 Å². The van der Waals surface area contributed by atoms with Crippen LogP contribution in [0.3, 0.4) is 0 Å². The van der Waals surface area contributed by atoms with Crippen molar-refractivity contribution in [1.29, 1.82) is 0 Å². The molecule has 3 rings (SSSR count). The average molecular weight is 363 g/mol. The summed E-state index contributed by atoms with van der Waals surface area (Å²) >= 11 is 0. The van der Waals surface area contributed by atoms with Crippen molar-refractivity contribution >= 4 is 10.0 Å². The Morgan fingerprint density at radius 3 is 2.40 bits per heavy atom. The quantitative estimate of drug-likeness (QED) is 0.854. The van der Waals surface area contributed by atoms with Crippen LogP contribution in [-0.2, 0) is 16.4 Å². The molecular formula is C18H21NO5S. The maximum absolute atomic E-state index is 12.8. The highest BCUT2D eigenvalue weighted by molar-refractivity contribution is 7.89. The third-order valence-electron chi connectivity index (χ3n) is 4.39. The number of nitrogens with one attached hydrogen (secondary N) is 1. The van der Waals surface area contributed by atoms with Gasteiger partial charge in [0.05, 0.1) is 26.2 Å². The summed E-state index contributed by atoms with van der Waals surface area (Å²) in [5.74, 6) is 1.64. The van der Waals surface area contributed by atoms with E-state index >= 15 is 0 Å². The van der Waals surface area contributed by atoms with Crippen LogP contribution in [0.2, 0.25) is 0 Å². The number of rotatable bonds is 6. The summed E-state index contributed by atoms with van der Waals surface area (Å²) in [6, 6.07) is 10.0. The van der Waals surface area contributed by atoms with E-state index in [-0.39, 0.29) is 10.9 Å². The van der Waals surface area contributed by atoms with Crippen LogP contribution >= 0.6 is 0 Å². The molecule has 0 aliphatic heterocycles. The number of hydrogen-bond donors (Lipinski definition) is 1. The second-order valence-corrected chi connectivity index (χ2v) is 7.51. The summed E-state index contributed by atoms with van der Waals surface area (Å²) in [5, 5.41) is 0. The van der Waals surface area contributed by atoms with Crippen molar-refractivity contribution in [1.82, 2.24) is 4.72 Å². The van der Waals surface area contributed by atoms with Crippen molar-refractivity contribution in [2.24, 2.45) is 0 Å². The maximum atomic E-state index is 12.8. The molecule has 0 aromatic heterocycles. The van der Waals surface area contributed by atoms with Crippen molar-refractivity contribution in [3.05, 3.63) is 47.5 Å². The van der Waals surface area contributed by atoms with E-state index in [0.29, 0.717) is 11.5 Å². The SMILES string of the molecule is COc1ccc2c(c1)CCC2NS(=O)(=O)c1ccc(OC)c(OC)c1. The summed E-state index contributed by atoms with van der Waals surface area (Å²) in [6.45, 7) is 0. The third kappa shape index (κ3) is 3.43. The Kier molecular flexibility index (Phi) is 4.87. The van der Waals surface area contributed by atoms with Gasteiger partial charge in [-0.2, -0.15) is 0 Å². The predicted octanol–water partition coefficient (Wildman–Crippen LogP) is 2.68. The Labute approximate surface area is 147 Å². The standard InChI is InChI=1S/C18H21NO5S/c1-22-13-5-7-15-12(10-13)4-8-16(15)19-25(20,21)14-6-9-17(23-2)18(11-14)24-3/h5-7,9-11,16,19H,4,8H2,1-3H3. The van der Waals surface area contributed by atoms with Crippen LogP contribution in [0.1, 0.15) is 23.6 Å². The lowest BCUT2D eigenvalue weighted by Gasteiger charge is -2.16. The number of fused-ring (bicyclic) bond motifs is 1. The first kappa shape index (κ1) is 17.6. The van der Waals surface area contributed by atoms with Crippen LogP contribution in [0.4, 0.5) is 0 Å². The van der Waals surface area contributed by atoms with Gasteiger partial charge in [0.1, 0.15) is 5.75 Å². The van der Waals surface area contributed by atoms with Gasteiger partial charge in [-0.05, 0) is 48.2 Å². The topological polar surface area (TPSA) is 73.9 Å². The van der Waals surface area contributed by atoms with Gasteiger partial charge < -0.3 is 14.2 Å². The van der Waals surface area contributed by atoms with Gasteiger partial charge in [0, 0.05) is 12.1 Å². The Hall–Kier alpha value is -2.25. The van der Waals surface area contributed by atoms with Crippen LogP contribution < -0.4 is 18.9 Å². The lowest BCUT2D eigenvalue weighted by atomic mass is 10.1. The highest BCUT2D eigenvalue weighted by Crippen LogP contribution is 2.35. The summed E-state index contributed by atoms with van der Waals surface area (Å²) in [6.07, 6.45) is 1.53. The smallest absolute Gasteiger partial charge is 0.241 e. The molecule has 1 atom stereocenters. The number of ether oxygens (including phenoxy) is 3. The molecule has 7 heteroatoms. The van der Waals surface area contributed by atoms with Gasteiger partial charge in [-0.3, -0.25) is 0 Å². The summed E-state index contributed by atoms with van der Waals surface area (Å²) in [4.78, 5) is 0.145. The van der Waals surface area contributed by atoms with Gasteiger partial charge in [-0.1, -0.05) is 6.07 Å². The highest BCUT2D eigenvalue weighted by atomic mass is 32.2. The van der Waals surface area contributed by atoms with E-state index in [9.17, 15) is 8.42 Å². The molecule has 134 valence electrons. The van der Waals surface area contributed by atoms with E-state index in [0.717, 1.165) is 29.7 Å². The van der Waals surface area contributed by atoms with Crippen LogP contribution in [0.25, 0.3) is 0 Å². The van der Waals surface area contributed by atoms with Crippen molar-refractivity contribution in [3.8, 4) is 17.2 Å². The second kappa shape index (κ2) is 6.93. The van der Waals surface area contributed by atoms with Gasteiger partial charge in [0.25, 0.3) is 0 Å². The number of aryl methyl sites for hydroxylation is 1. The fourth-order valence-corrected chi connectivity index (χ4v) is 4.35. The Balaban J connectivity index is 1.86. The molecule has 1 aliphatic rings. The molecule has 0 bridgehead atoms. The van der Waals surface area contributed by atoms with Crippen LogP contribution in [0.5, 0.6) is 17.2 Å². The Morgan fingerprint density at radius 1 is 0.960 bits per heavy atom. The molecule has 0 fully saturated rings. The van der Waals surface area contributed by atoms with Crippen LogP contribution in [-0.4, -0.2) is 29.7 Å². The number of hydrogen-bond acceptors (Lipinski definition) is 5. The minimum absolute atomic E-state index is 0.145. The third-order valence-corrected chi connectivity index (χ3v) is 5.86. The lowest BCUT2D eigenvalue weighted by molar-refractivity contribution is 0.354. The first-order chi connectivity index (χ1) is 12.0. The lowest BCUT2D eigenvalue weighted by Crippen LogP contribution is -2.27. The van der Waals surface area contributed by atoms with Crippen LogP contribution in [0, 0.1) is 0 Å². The number of methoxy groups -OCH3 is 3. The van der Waals surface area contributed by atoms with Crippen LogP contribution in [0.15, 0.2) is 41.3 Å². The summed E-state index contributed by atoms with van der Waals surface area (Å²) in [7, 11) is 0.925. The first-order valence-electron chi connectivity index (χ1n) is 7.89. The van der Waals surface area contributed by atoms with E-state index in [2.05, 4.69) is 4.72 Å². The Morgan fingerprint density at radius 2 is 1.72 bits per heavy atom. The Bertz CT molecular complexity index is 879. The van der Waals surface area contributed by atoms with Crippen molar-refractivity contribution in [3.63, 3.8) is 0 Å². The normalized spacial score (nSPS) is 16.4. The van der Waals surface area contributed by atoms with Gasteiger partial charge >= 0.3 is 0 Å². The van der Waals surface area contributed by atoms with Gasteiger partial charge in [-0.25, -0.2) is 13.1 Å². The summed E-state index contributed by atoms with van der Waals surface area (Å²) < 4.78 is 43.9. The van der Waals surface area contributed by atoms with Crippen molar-refractivity contribution < 1.29 is 22.6 Å². The molecule has 0 saturated carbocycles. The van der Waals surface area contributed by atoms with Crippen molar-refractivity contribution in [2.45, 2.75) is 23.8 Å². The zero-order valence-electron chi connectivity index (χ0n) is 14.4. The zero-order valence-corrected chi connectivity index (χ0v) is 15.2. The second-order valence-electron chi connectivity index (χ2n) is 5.79. The van der Waals surface area contributed by atoms with Gasteiger partial charge in [-0.15, -0.1) is 0 Å². The van der Waals surface area contributed by atoms with Gasteiger partial charge in [0.15, 0.2) is 11.5 Å². The predicted molar refractivity (Wildman–Crippen MR) is 93.9 cm³/mol. The van der Waals surface area contributed by atoms with E-state index in [1.807, 2.05) is 18.2 Å². The number of benzene rings is 2. The molecule has 25 heavy (non-hydrogen) atoms. The minimum atomic E-state index is -3.68. The van der Waals surface area contributed by atoms with E-state index < -0.39 is 10.0 Å². The molecule has 2 aromatic rings. The highest BCUT2D eigenvalue weighted by Gasteiger charge is 2.28. The monoisotopic (exact) mass is 363 g/mol. The average Bonchev–Trinajstić information content (AvgIpc) is 3.02. The molecule has 1 N–H and O–H groups in total. The molecule has 2 aromatic carbocycles. The molecular weight excluding hydrogens is 342 g/mol. The minimum Gasteiger partial charge on any atom is -0.497 e. The maximum Gasteiger partial charge on any atom is 0.241 e. The van der Waals surface area contributed by atoms with E-state index in [1.54, 1.807) is 13.2 Å². The fraction of sp³-hybridized carbons (Fsp3) is 0.333. The molecule has 0 heterocycles. The largest absolute Gasteiger partial charge is 0.497 e. The molecule has 0 spiro atoms. The zero-order chi connectivity index (χ0) is 18.0. The van der Waals surface area contributed by atoms with Gasteiger partial charge in [0.2, 0.25) is 10.0 Å². The molecule has 1 aliphatic carbocycles. The molecule has 1 unspecified atom stereocenters. The molecule has 0 saturated heterocycles. The molecule has 6 nitrogen and oxygen atoms in total. The number of sulfonamides is 1.